The fourth-order valence-corrected chi connectivity index (χ4v) is 5.92. The molecule has 1 aliphatic heterocycles. The molecule has 1 amide bonds. The summed E-state index contributed by atoms with van der Waals surface area (Å²) in [5.74, 6) is 0.335. The van der Waals surface area contributed by atoms with E-state index >= 15 is 0 Å². The molecular weight excluding hydrogens is 509 g/mol. The Morgan fingerprint density at radius 2 is 2.09 bits per heavy atom. The summed E-state index contributed by atoms with van der Waals surface area (Å²) in [5.41, 5.74) is 2.75. The van der Waals surface area contributed by atoms with Crippen LogP contribution in [0.1, 0.15) is 5.56 Å². The van der Waals surface area contributed by atoms with Gasteiger partial charge >= 0.3 is 0 Å². The van der Waals surface area contributed by atoms with E-state index in [2.05, 4.69) is 15.1 Å². The van der Waals surface area contributed by atoms with Crippen molar-refractivity contribution >= 4 is 57.9 Å². The molecule has 0 unspecified atom stereocenters. The van der Waals surface area contributed by atoms with Gasteiger partial charge in [0.1, 0.15) is 0 Å². The maximum absolute atomic E-state index is 12.4. The summed E-state index contributed by atoms with van der Waals surface area (Å²) < 4.78 is 6.91. The maximum atomic E-state index is 12.4. The summed E-state index contributed by atoms with van der Waals surface area (Å²) >= 11 is 15.3. The third-order valence-electron chi connectivity index (χ3n) is 5.33. The van der Waals surface area contributed by atoms with Crippen LogP contribution in [0.15, 0.2) is 58.8 Å². The number of thioether (sulfide) groups is 1. The Morgan fingerprint density at radius 3 is 2.91 bits per heavy atom. The van der Waals surface area contributed by atoms with Gasteiger partial charge in [-0.15, -0.1) is 23.1 Å². The fraction of sp³-hybridized carbons (Fsp3) is 0.280. The molecule has 1 N–H and O–H groups in total. The number of thiophene rings is 1. The molecule has 1 aromatic heterocycles. The molecule has 2 heterocycles. The second-order valence-corrected chi connectivity index (χ2v) is 11.0. The predicted molar refractivity (Wildman–Crippen MR) is 141 cm³/mol. The van der Waals surface area contributed by atoms with Crippen molar-refractivity contribution in [2.75, 3.05) is 32.0 Å². The van der Waals surface area contributed by atoms with Crippen LogP contribution in [0.3, 0.4) is 0 Å². The zero-order valence-corrected chi connectivity index (χ0v) is 21.4. The number of nitrogens with zero attached hydrogens (tertiary/aromatic N) is 2. The fourth-order valence-electron chi connectivity index (χ4n) is 3.64. The van der Waals surface area contributed by atoms with E-state index in [1.807, 2.05) is 48.5 Å². The highest BCUT2D eigenvalue weighted by Gasteiger charge is 2.21. The van der Waals surface area contributed by atoms with Gasteiger partial charge in [0, 0.05) is 31.1 Å². The molecule has 5 nitrogen and oxygen atoms in total. The molecule has 1 saturated heterocycles. The van der Waals surface area contributed by atoms with E-state index in [0.717, 1.165) is 39.8 Å². The van der Waals surface area contributed by atoms with Gasteiger partial charge in [-0.2, -0.15) is 0 Å². The van der Waals surface area contributed by atoms with Crippen molar-refractivity contribution < 1.29 is 9.53 Å². The molecule has 0 aliphatic carbocycles. The van der Waals surface area contributed by atoms with Crippen LogP contribution in [-0.4, -0.2) is 48.9 Å². The molecule has 0 saturated carbocycles. The Hall–Kier alpha value is -2.05. The minimum absolute atomic E-state index is 0.0137. The van der Waals surface area contributed by atoms with Crippen molar-refractivity contribution in [3.05, 3.63) is 81.6 Å². The number of hydrogen-bond donors (Lipinski definition) is 1. The van der Waals surface area contributed by atoms with Gasteiger partial charge in [0.25, 0.3) is 0 Å². The summed E-state index contributed by atoms with van der Waals surface area (Å²) in [6, 6.07) is 17.3. The van der Waals surface area contributed by atoms with E-state index in [1.54, 1.807) is 17.4 Å². The molecule has 4 rings (SSSR count). The minimum atomic E-state index is -0.0476. The first kappa shape index (κ1) is 25.1. The molecule has 1 aliphatic rings. The van der Waals surface area contributed by atoms with Gasteiger partial charge in [0.2, 0.25) is 5.91 Å². The molecule has 9 heteroatoms. The molecule has 3 aromatic rings. The second kappa shape index (κ2) is 12.1. The Balaban J connectivity index is 1.21. The van der Waals surface area contributed by atoms with Crippen LogP contribution in [0, 0.1) is 6.57 Å². The van der Waals surface area contributed by atoms with Gasteiger partial charge in [-0.1, -0.05) is 47.5 Å². The van der Waals surface area contributed by atoms with E-state index < -0.39 is 0 Å². The normalized spacial score (nSPS) is 16.2. The molecule has 1 atom stereocenters. The highest BCUT2D eigenvalue weighted by Crippen LogP contribution is 2.35. The van der Waals surface area contributed by atoms with Crippen LogP contribution in [-0.2, 0) is 16.1 Å². The first-order chi connectivity index (χ1) is 16.5. The Kier molecular flexibility index (Phi) is 8.90. The summed E-state index contributed by atoms with van der Waals surface area (Å²) in [5, 5.41) is 4.11. The molecule has 176 valence electrons. The molecule has 0 radical (unpaired) electrons. The molecular formula is C25H23Cl2N3O2S2. The summed E-state index contributed by atoms with van der Waals surface area (Å²) in [6.07, 6.45) is -0.0476. The lowest BCUT2D eigenvalue weighted by Gasteiger charge is -2.33. The Bertz CT molecular complexity index is 1190. The SMILES string of the molecule is [C-]#[N+]c1cccc(-c2ccc(SCC(=O)NC[C@H]3CN(Cc4ccc(Cl)c(Cl)c4)CCO3)s2)c1. The number of carbonyl (C=O) groups excluding carboxylic acids is 1. The topological polar surface area (TPSA) is 45.9 Å². The average molecular weight is 533 g/mol. The van der Waals surface area contributed by atoms with Crippen LogP contribution >= 0.6 is 46.3 Å². The highest BCUT2D eigenvalue weighted by atomic mass is 35.5. The monoisotopic (exact) mass is 531 g/mol. The standard InChI is InChI=1S/C25H23Cl2N3O2S2/c1-28-19-4-2-3-18(12-19)23-7-8-25(34-23)33-16-24(31)29-13-20-15-30(9-10-32-20)14-17-5-6-21(26)22(27)11-17/h2-8,11-12,20H,9-10,13-16H2,(H,29,31)/t20-/m0/s1. The van der Waals surface area contributed by atoms with Crippen molar-refractivity contribution in [3.63, 3.8) is 0 Å². The number of hydrogen-bond acceptors (Lipinski definition) is 5. The van der Waals surface area contributed by atoms with Crippen LogP contribution in [0.5, 0.6) is 0 Å². The third kappa shape index (κ3) is 6.98. The van der Waals surface area contributed by atoms with Crippen LogP contribution < -0.4 is 5.32 Å². The van der Waals surface area contributed by atoms with E-state index in [4.69, 9.17) is 34.5 Å². The zero-order valence-electron chi connectivity index (χ0n) is 18.3. The van der Waals surface area contributed by atoms with Crippen LogP contribution in [0.25, 0.3) is 15.3 Å². The second-order valence-electron chi connectivity index (χ2n) is 7.85. The van der Waals surface area contributed by atoms with E-state index in [1.165, 1.54) is 11.8 Å². The van der Waals surface area contributed by atoms with Gasteiger partial charge in [-0.3, -0.25) is 9.69 Å². The van der Waals surface area contributed by atoms with E-state index in [0.29, 0.717) is 34.6 Å². The number of benzene rings is 2. The summed E-state index contributed by atoms with van der Waals surface area (Å²) in [6.45, 7) is 10.6. The first-order valence-electron chi connectivity index (χ1n) is 10.8. The van der Waals surface area contributed by atoms with Gasteiger partial charge in [0.05, 0.1) is 39.3 Å². The van der Waals surface area contributed by atoms with Gasteiger partial charge in [-0.25, -0.2) is 4.85 Å². The van der Waals surface area contributed by atoms with Crippen molar-refractivity contribution in [1.82, 2.24) is 10.2 Å². The molecule has 2 aromatic carbocycles. The number of rotatable bonds is 8. The lowest BCUT2D eigenvalue weighted by Crippen LogP contribution is -2.47. The van der Waals surface area contributed by atoms with Crippen molar-refractivity contribution in [2.45, 2.75) is 16.9 Å². The van der Waals surface area contributed by atoms with Gasteiger partial charge < -0.3 is 10.1 Å². The van der Waals surface area contributed by atoms with Gasteiger partial charge in [0.15, 0.2) is 5.69 Å². The number of nitrogens with one attached hydrogen (secondary N) is 1. The minimum Gasteiger partial charge on any atom is -0.374 e. The van der Waals surface area contributed by atoms with Crippen molar-refractivity contribution in [3.8, 4) is 10.4 Å². The first-order valence-corrected chi connectivity index (χ1v) is 13.3. The quantitative estimate of drug-likeness (QED) is 0.270. The van der Waals surface area contributed by atoms with Crippen LogP contribution in [0.2, 0.25) is 10.0 Å². The Morgan fingerprint density at radius 1 is 1.21 bits per heavy atom. The molecule has 0 bridgehead atoms. The smallest absolute Gasteiger partial charge is 0.230 e. The lowest BCUT2D eigenvalue weighted by molar-refractivity contribution is -0.119. The van der Waals surface area contributed by atoms with Crippen LogP contribution in [0.4, 0.5) is 5.69 Å². The number of ether oxygens (including phenoxy) is 1. The number of carbonyl (C=O) groups is 1. The van der Waals surface area contributed by atoms with Crippen molar-refractivity contribution in [2.24, 2.45) is 0 Å². The largest absolute Gasteiger partial charge is 0.374 e. The van der Waals surface area contributed by atoms with Crippen molar-refractivity contribution in [1.29, 1.82) is 0 Å². The predicted octanol–water partition coefficient (Wildman–Crippen LogP) is 6.38. The number of halogens is 2. The molecule has 1 fully saturated rings. The Labute approximate surface area is 217 Å². The lowest BCUT2D eigenvalue weighted by atomic mass is 10.2. The zero-order chi connectivity index (χ0) is 23.9. The summed E-state index contributed by atoms with van der Waals surface area (Å²) in [7, 11) is 0. The summed E-state index contributed by atoms with van der Waals surface area (Å²) in [4.78, 5) is 19.3. The number of morpholine rings is 1. The van der Waals surface area contributed by atoms with Gasteiger partial charge in [-0.05, 0) is 41.5 Å². The number of amides is 1. The van der Waals surface area contributed by atoms with E-state index in [9.17, 15) is 4.79 Å². The molecule has 0 spiro atoms. The maximum Gasteiger partial charge on any atom is 0.230 e. The third-order valence-corrected chi connectivity index (χ3v) is 8.43. The highest BCUT2D eigenvalue weighted by molar-refractivity contribution is 8.01. The average Bonchev–Trinajstić information content (AvgIpc) is 3.33. The van der Waals surface area contributed by atoms with E-state index in [-0.39, 0.29) is 12.0 Å². The molecule has 34 heavy (non-hydrogen) atoms.